The predicted molar refractivity (Wildman–Crippen MR) is 79.0 cm³/mol. The SMILES string of the molecule is CN(CC(=O)N1CCNCC1)C(=O)COc1ccccc1. The number of ether oxygens (including phenoxy) is 1. The molecule has 6 heteroatoms. The number of carbonyl (C=O) groups excluding carboxylic acids is 2. The molecule has 1 aromatic carbocycles. The molecule has 1 aromatic rings. The van der Waals surface area contributed by atoms with Gasteiger partial charge in [0.25, 0.3) is 5.91 Å². The Balaban J connectivity index is 1.75. The zero-order valence-corrected chi connectivity index (χ0v) is 12.2. The first-order chi connectivity index (χ1) is 10.2. The molecule has 1 N–H and O–H groups in total. The maximum absolute atomic E-state index is 12.1. The van der Waals surface area contributed by atoms with Gasteiger partial charge in [-0.3, -0.25) is 9.59 Å². The topological polar surface area (TPSA) is 61.9 Å². The first-order valence-electron chi connectivity index (χ1n) is 7.07. The van der Waals surface area contributed by atoms with E-state index in [4.69, 9.17) is 4.74 Å². The van der Waals surface area contributed by atoms with Gasteiger partial charge in [-0.05, 0) is 12.1 Å². The zero-order valence-electron chi connectivity index (χ0n) is 12.2. The first-order valence-corrected chi connectivity index (χ1v) is 7.07. The third-order valence-corrected chi connectivity index (χ3v) is 3.37. The number of hydrogen-bond acceptors (Lipinski definition) is 4. The zero-order chi connectivity index (χ0) is 15.1. The van der Waals surface area contributed by atoms with E-state index >= 15 is 0 Å². The second-order valence-electron chi connectivity index (χ2n) is 4.98. The van der Waals surface area contributed by atoms with E-state index in [9.17, 15) is 9.59 Å². The molecule has 0 atom stereocenters. The van der Waals surface area contributed by atoms with Crippen LogP contribution >= 0.6 is 0 Å². The Morgan fingerprint density at radius 3 is 2.57 bits per heavy atom. The summed E-state index contributed by atoms with van der Waals surface area (Å²) in [5.41, 5.74) is 0. The fourth-order valence-corrected chi connectivity index (χ4v) is 2.08. The molecule has 2 amide bonds. The van der Waals surface area contributed by atoms with E-state index in [0.29, 0.717) is 18.8 Å². The summed E-state index contributed by atoms with van der Waals surface area (Å²) in [5, 5.41) is 3.19. The van der Waals surface area contributed by atoms with Gasteiger partial charge in [0.2, 0.25) is 5.91 Å². The minimum absolute atomic E-state index is 0.0212. The average molecular weight is 291 g/mol. The smallest absolute Gasteiger partial charge is 0.260 e. The van der Waals surface area contributed by atoms with Crippen LogP contribution in [0.3, 0.4) is 0 Å². The highest BCUT2D eigenvalue weighted by Crippen LogP contribution is 2.08. The molecule has 6 nitrogen and oxygen atoms in total. The van der Waals surface area contributed by atoms with Gasteiger partial charge < -0.3 is 19.9 Å². The van der Waals surface area contributed by atoms with Crippen molar-refractivity contribution in [3.63, 3.8) is 0 Å². The number of benzene rings is 1. The van der Waals surface area contributed by atoms with E-state index in [2.05, 4.69) is 5.32 Å². The molecular formula is C15H21N3O3. The molecule has 114 valence electrons. The fourth-order valence-electron chi connectivity index (χ4n) is 2.08. The highest BCUT2D eigenvalue weighted by Gasteiger charge is 2.20. The van der Waals surface area contributed by atoms with Crippen LogP contribution in [0.15, 0.2) is 30.3 Å². The normalized spacial score (nSPS) is 14.6. The molecule has 0 aliphatic carbocycles. The number of para-hydroxylation sites is 1. The molecule has 1 saturated heterocycles. The van der Waals surface area contributed by atoms with E-state index in [1.54, 1.807) is 24.1 Å². The summed E-state index contributed by atoms with van der Waals surface area (Å²) in [6.45, 7) is 3.04. The average Bonchev–Trinajstić information content (AvgIpc) is 2.54. The van der Waals surface area contributed by atoms with Crippen molar-refractivity contribution in [3.05, 3.63) is 30.3 Å². The van der Waals surface area contributed by atoms with Crippen LogP contribution in [0.2, 0.25) is 0 Å². The predicted octanol–water partition coefficient (Wildman–Crippen LogP) is -0.0444. The van der Waals surface area contributed by atoms with Crippen molar-refractivity contribution < 1.29 is 14.3 Å². The number of hydrogen-bond donors (Lipinski definition) is 1. The Bertz CT molecular complexity index is 472. The number of carbonyl (C=O) groups is 2. The van der Waals surface area contributed by atoms with Crippen molar-refractivity contribution in [1.82, 2.24) is 15.1 Å². The summed E-state index contributed by atoms with van der Waals surface area (Å²) < 4.78 is 5.39. The second-order valence-corrected chi connectivity index (χ2v) is 4.98. The minimum Gasteiger partial charge on any atom is -0.484 e. The number of nitrogens with one attached hydrogen (secondary N) is 1. The van der Waals surface area contributed by atoms with E-state index in [1.165, 1.54) is 4.90 Å². The standard InChI is InChI=1S/C15H21N3O3/c1-17(11-14(19)18-9-7-16-8-10-18)15(20)12-21-13-5-3-2-4-6-13/h2-6,16H,7-12H2,1H3. The summed E-state index contributed by atoms with van der Waals surface area (Å²) in [7, 11) is 1.62. The van der Waals surface area contributed by atoms with Crippen molar-refractivity contribution >= 4 is 11.8 Å². The number of rotatable bonds is 5. The van der Waals surface area contributed by atoms with Crippen molar-refractivity contribution in [3.8, 4) is 5.75 Å². The van der Waals surface area contributed by atoms with E-state index in [0.717, 1.165) is 13.1 Å². The van der Waals surface area contributed by atoms with Gasteiger partial charge in [-0.1, -0.05) is 18.2 Å². The molecule has 21 heavy (non-hydrogen) atoms. The Morgan fingerprint density at radius 1 is 1.24 bits per heavy atom. The van der Waals surface area contributed by atoms with Crippen LogP contribution < -0.4 is 10.1 Å². The van der Waals surface area contributed by atoms with Crippen LogP contribution in [0.5, 0.6) is 5.75 Å². The lowest BCUT2D eigenvalue weighted by atomic mass is 10.3. The van der Waals surface area contributed by atoms with Gasteiger partial charge in [-0.2, -0.15) is 0 Å². The molecule has 0 aromatic heterocycles. The van der Waals surface area contributed by atoms with Crippen molar-refractivity contribution in [2.24, 2.45) is 0 Å². The molecule has 0 radical (unpaired) electrons. The third kappa shape index (κ3) is 4.75. The summed E-state index contributed by atoms with van der Waals surface area (Å²) in [5.74, 6) is 0.419. The molecule has 2 rings (SSSR count). The van der Waals surface area contributed by atoms with Crippen molar-refractivity contribution in [2.75, 3.05) is 46.4 Å². The highest BCUT2D eigenvalue weighted by molar-refractivity contribution is 5.85. The molecule has 1 heterocycles. The van der Waals surface area contributed by atoms with Crippen LogP contribution in [0.4, 0.5) is 0 Å². The Kier molecular flexibility index (Phi) is 5.57. The molecule has 1 fully saturated rings. The quantitative estimate of drug-likeness (QED) is 0.826. The molecule has 0 saturated carbocycles. The lowest BCUT2D eigenvalue weighted by molar-refractivity contribution is -0.140. The summed E-state index contributed by atoms with van der Waals surface area (Å²) >= 11 is 0. The largest absolute Gasteiger partial charge is 0.484 e. The van der Waals surface area contributed by atoms with Crippen LogP contribution in [0.1, 0.15) is 0 Å². The molecular weight excluding hydrogens is 270 g/mol. The lowest BCUT2D eigenvalue weighted by Gasteiger charge is -2.29. The van der Waals surface area contributed by atoms with Gasteiger partial charge in [0.1, 0.15) is 5.75 Å². The van der Waals surface area contributed by atoms with E-state index in [-0.39, 0.29) is 25.0 Å². The van der Waals surface area contributed by atoms with E-state index < -0.39 is 0 Å². The van der Waals surface area contributed by atoms with Gasteiger partial charge >= 0.3 is 0 Å². The molecule has 1 aliphatic heterocycles. The molecule has 0 unspecified atom stereocenters. The van der Waals surface area contributed by atoms with Crippen molar-refractivity contribution in [1.29, 1.82) is 0 Å². The van der Waals surface area contributed by atoms with Crippen LogP contribution in [0, 0.1) is 0 Å². The summed E-state index contributed by atoms with van der Waals surface area (Å²) in [6, 6.07) is 9.15. The number of nitrogens with zero attached hydrogens (tertiary/aromatic N) is 2. The first kappa shape index (κ1) is 15.3. The van der Waals surface area contributed by atoms with Gasteiger partial charge in [0, 0.05) is 33.2 Å². The molecule has 0 bridgehead atoms. The minimum atomic E-state index is -0.206. The van der Waals surface area contributed by atoms with Crippen LogP contribution in [-0.4, -0.2) is 68.0 Å². The maximum atomic E-state index is 12.1. The summed E-state index contributed by atoms with van der Waals surface area (Å²) in [4.78, 5) is 27.2. The van der Waals surface area contributed by atoms with Gasteiger partial charge in [0.15, 0.2) is 6.61 Å². The number of amides is 2. The second kappa shape index (κ2) is 7.64. The van der Waals surface area contributed by atoms with Gasteiger partial charge in [-0.25, -0.2) is 0 Å². The van der Waals surface area contributed by atoms with Crippen LogP contribution in [0.25, 0.3) is 0 Å². The van der Waals surface area contributed by atoms with Crippen molar-refractivity contribution in [2.45, 2.75) is 0 Å². The Hall–Kier alpha value is -2.08. The Labute approximate surface area is 124 Å². The summed E-state index contributed by atoms with van der Waals surface area (Å²) in [6.07, 6.45) is 0. The number of likely N-dealkylation sites (N-methyl/N-ethyl adjacent to an activating group) is 1. The van der Waals surface area contributed by atoms with Gasteiger partial charge in [-0.15, -0.1) is 0 Å². The molecule has 1 aliphatic rings. The fraction of sp³-hybridized carbons (Fsp3) is 0.467. The van der Waals surface area contributed by atoms with E-state index in [1.807, 2.05) is 18.2 Å². The molecule has 0 spiro atoms. The third-order valence-electron chi connectivity index (χ3n) is 3.37. The van der Waals surface area contributed by atoms with Gasteiger partial charge in [0.05, 0.1) is 6.54 Å². The maximum Gasteiger partial charge on any atom is 0.260 e. The highest BCUT2D eigenvalue weighted by atomic mass is 16.5. The monoisotopic (exact) mass is 291 g/mol. The van der Waals surface area contributed by atoms with Crippen LogP contribution in [-0.2, 0) is 9.59 Å². The Morgan fingerprint density at radius 2 is 1.90 bits per heavy atom. The number of piperazine rings is 1. The lowest BCUT2D eigenvalue weighted by Crippen LogP contribution is -2.50.